The number of hydrogen-bond acceptors (Lipinski definition) is 5. The van der Waals surface area contributed by atoms with Crippen LogP contribution in [0.5, 0.6) is 23.0 Å². The number of rotatable bonds is 10. The second kappa shape index (κ2) is 10.4. The van der Waals surface area contributed by atoms with Crippen LogP contribution in [0, 0.1) is 0 Å². The summed E-state index contributed by atoms with van der Waals surface area (Å²) in [6.45, 7) is 3.94. The lowest BCUT2D eigenvalue weighted by Gasteiger charge is -2.23. The number of carbonyl (C=O) groups excluding carboxylic acids is 1. The van der Waals surface area contributed by atoms with Crippen LogP contribution in [0.3, 0.4) is 0 Å². The van der Waals surface area contributed by atoms with Gasteiger partial charge in [0.2, 0.25) is 0 Å². The van der Waals surface area contributed by atoms with Crippen molar-refractivity contribution in [2.45, 2.75) is 38.8 Å². The number of methoxy groups -OCH3 is 3. The maximum atomic E-state index is 12.8. The summed E-state index contributed by atoms with van der Waals surface area (Å²) in [6.07, 6.45) is 0.711. The Labute approximate surface area is 166 Å². The highest BCUT2D eigenvalue weighted by atomic mass is 16.5. The number of benzene rings is 2. The minimum absolute atomic E-state index is 0.152. The minimum Gasteiger partial charge on any atom is -0.497 e. The van der Waals surface area contributed by atoms with E-state index in [1.807, 2.05) is 32.0 Å². The Kier molecular flexibility index (Phi) is 7.99. The van der Waals surface area contributed by atoms with Gasteiger partial charge in [-0.05, 0) is 54.8 Å². The molecule has 2 atom stereocenters. The van der Waals surface area contributed by atoms with Gasteiger partial charge in [-0.3, -0.25) is 4.79 Å². The minimum atomic E-state index is -0.581. The topological polar surface area (TPSA) is 66.0 Å². The molecular formula is C22H29NO5. The quantitative estimate of drug-likeness (QED) is 0.664. The first-order valence-electron chi connectivity index (χ1n) is 9.39. The molecule has 0 aliphatic rings. The second-order valence-corrected chi connectivity index (χ2v) is 6.27. The lowest BCUT2D eigenvalue weighted by atomic mass is 10.0. The van der Waals surface area contributed by atoms with E-state index in [4.69, 9.17) is 18.9 Å². The largest absolute Gasteiger partial charge is 0.497 e. The van der Waals surface area contributed by atoms with Crippen molar-refractivity contribution in [2.75, 3.05) is 21.3 Å². The van der Waals surface area contributed by atoms with Crippen LogP contribution >= 0.6 is 0 Å². The molecule has 6 nitrogen and oxygen atoms in total. The second-order valence-electron chi connectivity index (χ2n) is 6.27. The molecule has 0 bridgehead atoms. The average Bonchev–Trinajstić information content (AvgIpc) is 2.75. The monoisotopic (exact) mass is 387 g/mol. The van der Waals surface area contributed by atoms with Crippen LogP contribution in [0.15, 0.2) is 42.5 Å². The summed E-state index contributed by atoms with van der Waals surface area (Å²) in [7, 11) is 4.80. The Morgan fingerprint density at radius 1 is 0.857 bits per heavy atom. The normalized spacial score (nSPS) is 12.6. The molecule has 0 aliphatic carbocycles. The van der Waals surface area contributed by atoms with Gasteiger partial charge in [-0.2, -0.15) is 0 Å². The van der Waals surface area contributed by atoms with E-state index in [2.05, 4.69) is 5.32 Å². The third-order valence-electron chi connectivity index (χ3n) is 4.54. The molecule has 152 valence electrons. The van der Waals surface area contributed by atoms with Crippen LogP contribution in [-0.4, -0.2) is 33.3 Å². The van der Waals surface area contributed by atoms with Crippen molar-refractivity contribution < 1.29 is 23.7 Å². The fourth-order valence-electron chi connectivity index (χ4n) is 2.90. The van der Waals surface area contributed by atoms with E-state index in [9.17, 15) is 4.79 Å². The van der Waals surface area contributed by atoms with E-state index in [1.54, 1.807) is 45.6 Å². The number of carbonyl (C=O) groups is 1. The summed E-state index contributed by atoms with van der Waals surface area (Å²) < 4.78 is 21.7. The number of amides is 1. The van der Waals surface area contributed by atoms with E-state index in [-0.39, 0.29) is 11.9 Å². The summed E-state index contributed by atoms with van der Waals surface area (Å²) >= 11 is 0. The third kappa shape index (κ3) is 5.31. The third-order valence-corrected chi connectivity index (χ3v) is 4.54. The van der Waals surface area contributed by atoms with Gasteiger partial charge in [0.15, 0.2) is 17.6 Å². The van der Waals surface area contributed by atoms with Crippen molar-refractivity contribution in [1.82, 2.24) is 5.32 Å². The molecule has 0 spiro atoms. The van der Waals surface area contributed by atoms with Gasteiger partial charge in [0.05, 0.1) is 27.4 Å². The van der Waals surface area contributed by atoms with Crippen molar-refractivity contribution in [3.63, 3.8) is 0 Å². The molecule has 2 aromatic rings. The Morgan fingerprint density at radius 2 is 1.50 bits per heavy atom. The van der Waals surface area contributed by atoms with Gasteiger partial charge in [0, 0.05) is 0 Å². The van der Waals surface area contributed by atoms with Gasteiger partial charge in [-0.1, -0.05) is 19.9 Å². The van der Waals surface area contributed by atoms with Crippen LogP contribution < -0.4 is 24.3 Å². The number of nitrogens with one attached hydrogen (secondary N) is 1. The van der Waals surface area contributed by atoms with Crippen molar-refractivity contribution in [1.29, 1.82) is 0 Å². The van der Waals surface area contributed by atoms with Crippen LogP contribution in [-0.2, 0) is 4.79 Å². The van der Waals surface area contributed by atoms with Gasteiger partial charge in [-0.15, -0.1) is 0 Å². The van der Waals surface area contributed by atoms with Gasteiger partial charge >= 0.3 is 0 Å². The summed E-state index contributed by atoms with van der Waals surface area (Å²) in [4.78, 5) is 12.8. The van der Waals surface area contributed by atoms with Crippen molar-refractivity contribution in [3.05, 3.63) is 48.0 Å². The summed E-state index contributed by atoms with van der Waals surface area (Å²) in [5, 5.41) is 3.08. The smallest absolute Gasteiger partial charge is 0.261 e. The maximum absolute atomic E-state index is 12.8. The summed E-state index contributed by atoms with van der Waals surface area (Å²) in [5.74, 6) is 2.50. The van der Waals surface area contributed by atoms with Crippen molar-refractivity contribution in [3.8, 4) is 23.0 Å². The molecule has 0 fully saturated rings. The average molecular weight is 387 g/mol. The molecular weight excluding hydrogens is 358 g/mol. The molecule has 2 aromatic carbocycles. The first kappa shape index (κ1) is 21.4. The van der Waals surface area contributed by atoms with Crippen LogP contribution in [0.4, 0.5) is 0 Å². The molecule has 0 saturated carbocycles. The molecule has 0 radical (unpaired) electrons. The maximum Gasteiger partial charge on any atom is 0.261 e. The van der Waals surface area contributed by atoms with E-state index in [1.165, 1.54) is 0 Å². The van der Waals surface area contributed by atoms with E-state index in [0.29, 0.717) is 23.7 Å². The molecule has 28 heavy (non-hydrogen) atoms. The number of ether oxygens (including phenoxy) is 4. The molecule has 6 heteroatoms. The molecule has 0 aromatic heterocycles. The highest BCUT2D eigenvalue weighted by molar-refractivity contribution is 5.81. The Balaban J connectivity index is 2.10. The predicted molar refractivity (Wildman–Crippen MR) is 108 cm³/mol. The molecule has 0 heterocycles. The van der Waals surface area contributed by atoms with Crippen LogP contribution in [0.25, 0.3) is 0 Å². The van der Waals surface area contributed by atoms with Gasteiger partial charge in [0.25, 0.3) is 5.91 Å². The fraction of sp³-hybridized carbons (Fsp3) is 0.409. The molecule has 0 saturated heterocycles. The highest BCUT2D eigenvalue weighted by Gasteiger charge is 2.22. The molecule has 1 N–H and O–H groups in total. The predicted octanol–water partition coefficient (Wildman–Crippen LogP) is 4.14. The Morgan fingerprint density at radius 3 is 2.04 bits per heavy atom. The molecule has 0 aliphatic heterocycles. The van der Waals surface area contributed by atoms with E-state index < -0.39 is 6.10 Å². The SMILES string of the molecule is CC[C@@H](Oc1ccc(OC)cc1)C(=O)N[C@H](CC)c1ccc(OC)c(OC)c1. The fourth-order valence-corrected chi connectivity index (χ4v) is 2.90. The van der Waals surface area contributed by atoms with Gasteiger partial charge in [-0.25, -0.2) is 0 Å². The standard InChI is InChI=1S/C22H29NO5/c1-6-18(15-8-13-20(26-4)21(14-15)27-5)23-22(24)19(7-2)28-17-11-9-16(25-3)10-12-17/h8-14,18-19H,6-7H2,1-5H3,(H,23,24)/t18-,19-/m1/s1. The zero-order valence-electron chi connectivity index (χ0n) is 17.2. The van der Waals surface area contributed by atoms with Crippen LogP contribution in [0.1, 0.15) is 38.3 Å². The lowest BCUT2D eigenvalue weighted by molar-refractivity contribution is -0.128. The number of hydrogen-bond donors (Lipinski definition) is 1. The Bertz CT molecular complexity index is 760. The summed E-state index contributed by atoms with van der Waals surface area (Å²) in [5.41, 5.74) is 0.952. The lowest BCUT2D eigenvalue weighted by Crippen LogP contribution is -2.39. The zero-order chi connectivity index (χ0) is 20.5. The van der Waals surface area contributed by atoms with Gasteiger partial charge in [0.1, 0.15) is 11.5 Å². The van der Waals surface area contributed by atoms with Crippen LogP contribution in [0.2, 0.25) is 0 Å². The molecule has 2 rings (SSSR count). The highest BCUT2D eigenvalue weighted by Crippen LogP contribution is 2.31. The van der Waals surface area contributed by atoms with E-state index >= 15 is 0 Å². The molecule has 0 unspecified atom stereocenters. The van der Waals surface area contributed by atoms with E-state index in [0.717, 1.165) is 17.7 Å². The molecule has 1 amide bonds. The van der Waals surface area contributed by atoms with Crippen molar-refractivity contribution in [2.24, 2.45) is 0 Å². The first-order valence-corrected chi connectivity index (χ1v) is 9.39. The van der Waals surface area contributed by atoms with Gasteiger partial charge < -0.3 is 24.3 Å². The zero-order valence-corrected chi connectivity index (χ0v) is 17.2. The summed E-state index contributed by atoms with van der Waals surface area (Å²) in [6, 6.07) is 12.7. The Hall–Kier alpha value is -2.89. The first-order chi connectivity index (χ1) is 13.6. The van der Waals surface area contributed by atoms with Crippen molar-refractivity contribution >= 4 is 5.91 Å².